The fourth-order valence-electron chi connectivity index (χ4n) is 2.51. The largest absolute Gasteiger partial charge is 0.350 e. The Kier molecular flexibility index (Phi) is 4.53. The van der Waals surface area contributed by atoms with Crippen molar-refractivity contribution in [3.63, 3.8) is 0 Å². The lowest BCUT2D eigenvalue weighted by atomic mass is 9.63. The second kappa shape index (κ2) is 6.15. The van der Waals surface area contributed by atoms with Gasteiger partial charge in [0.05, 0.1) is 0 Å². The molecule has 81 valence electrons. The van der Waals surface area contributed by atoms with Crippen LogP contribution in [0.15, 0.2) is 30.3 Å². The van der Waals surface area contributed by atoms with Gasteiger partial charge in [0.1, 0.15) is 7.31 Å². The third-order valence-corrected chi connectivity index (χ3v) is 3.44. The van der Waals surface area contributed by atoms with E-state index in [4.69, 9.17) is 7.74 Å². The lowest BCUT2D eigenvalue weighted by molar-refractivity contribution is 0.255. The average Bonchev–Trinajstić information content (AvgIpc) is 2.38. The molecular formula is C13H18B2N. The van der Waals surface area contributed by atoms with E-state index >= 15 is 0 Å². The minimum absolute atomic E-state index is 0.652. The van der Waals surface area contributed by atoms with E-state index in [1.165, 1.54) is 37.7 Å². The number of hydrogen-bond acceptors (Lipinski definition) is 1. The van der Waals surface area contributed by atoms with Crippen molar-refractivity contribution in [3.05, 3.63) is 35.9 Å². The molecule has 0 aliphatic heterocycles. The summed E-state index contributed by atoms with van der Waals surface area (Å²) >= 11 is 0. The van der Waals surface area contributed by atoms with Gasteiger partial charge >= 0.3 is 0 Å². The molecule has 0 unspecified atom stereocenters. The topological polar surface area (TPSA) is 3.24 Å². The first-order valence-corrected chi connectivity index (χ1v) is 6.25. The van der Waals surface area contributed by atoms with Crippen molar-refractivity contribution in [2.24, 2.45) is 0 Å². The lowest BCUT2D eigenvalue weighted by Crippen LogP contribution is -2.39. The van der Waals surface area contributed by atoms with Crippen LogP contribution >= 0.6 is 0 Å². The SMILES string of the molecule is [B][B]N(Cc1ccccc1)C1CCCCC1. The van der Waals surface area contributed by atoms with Crippen molar-refractivity contribution in [2.45, 2.75) is 44.7 Å². The van der Waals surface area contributed by atoms with Gasteiger partial charge in [-0.05, 0) is 24.4 Å². The summed E-state index contributed by atoms with van der Waals surface area (Å²) in [6.07, 6.45) is 6.68. The summed E-state index contributed by atoms with van der Waals surface area (Å²) in [5, 5.41) is 0. The van der Waals surface area contributed by atoms with Gasteiger partial charge in [-0.1, -0.05) is 49.6 Å². The van der Waals surface area contributed by atoms with Crippen LogP contribution in [-0.2, 0) is 6.54 Å². The van der Waals surface area contributed by atoms with Crippen LogP contribution in [0.2, 0.25) is 0 Å². The number of nitrogens with zero attached hydrogens (tertiary/aromatic N) is 1. The average molecular weight is 210 g/mol. The van der Waals surface area contributed by atoms with E-state index in [0.717, 1.165) is 6.54 Å². The van der Waals surface area contributed by atoms with Gasteiger partial charge in [0.25, 0.3) is 0 Å². The highest BCUT2D eigenvalue weighted by Crippen LogP contribution is 2.23. The summed E-state index contributed by atoms with van der Waals surface area (Å²) in [6.45, 7) is 0.946. The normalized spacial score (nSPS) is 17.6. The zero-order chi connectivity index (χ0) is 11.2. The number of rotatable bonds is 4. The molecule has 0 amide bonds. The molecule has 1 aliphatic carbocycles. The molecule has 1 aromatic carbocycles. The van der Waals surface area contributed by atoms with Crippen LogP contribution in [-0.4, -0.2) is 25.9 Å². The first-order valence-electron chi connectivity index (χ1n) is 6.25. The number of hydrogen-bond donors (Lipinski definition) is 0. The van der Waals surface area contributed by atoms with Crippen molar-refractivity contribution in [2.75, 3.05) is 0 Å². The van der Waals surface area contributed by atoms with Crippen LogP contribution in [0.5, 0.6) is 0 Å². The third kappa shape index (κ3) is 3.15. The maximum atomic E-state index is 5.75. The van der Waals surface area contributed by atoms with Crippen molar-refractivity contribution in [1.29, 1.82) is 0 Å². The van der Waals surface area contributed by atoms with Gasteiger partial charge < -0.3 is 4.81 Å². The summed E-state index contributed by atoms with van der Waals surface area (Å²) < 4.78 is 0. The van der Waals surface area contributed by atoms with E-state index in [9.17, 15) is 0 Å². The maximum Gasteiger partial charge on any atom is 0.149 e. The quantitative estimate of drug-likeness (QED) is 0.690. The van der Waals surface area contributed by atoms with Gasteiger partial charge in [-0.25, -0.2) is 0 Å². The third-order valence-electron chi connectivity index (χ3n) is 3.44. The molecule has 1 aromatic rings. The molecule has 1 aliphatic rings. The molecular weight excluding hydrogens is 192 g/mol. The molecule has 3 radical (unpaired) electrons. The zero-order valence-electron chi connectivity index (χ0n) is 9.81. The van der Waals surface area contributed by atoms with E-state index in [-0.39, 0.29) is 0 Å². The predicted octanol–water partition coefficient (Wildman–Crippen LogP) is 2.52. The van der Waals surface area contributed by atoms with E-state index < -0.39 is 0 Å². The molecule has 0 saturated heterocycles. The highest BCUT2D eigenvalue weighted by Gasteiger charge is 2.19. The smallest absolute Gasteiger partial charge is 0.149 e. The monoisotopic (exact) mass is 210 g/mol. The van der Waals surface area contributed by atoms with Crippen molar-refractivity contribution in [1.82, 2.24) is 4.81 Å². The molecule has 1 fully saturated rings. The van der Waals surface area contributed by atoms with E-state index in [0.29, 0.717) is 6.04 Å². The van der Waals surface area contributed by atoms with Gasteiger partial charge in [-0.3, -0.25) is 0 Å². The minimum Gasteiger partial charge on any atom is -0.350 e. The molecule has 1 nitrogen and oxygen atoms in total. The summed E-state index contributed by atoms with van der Waals surface area (Å²) in [6, 6.07) is 11.2. The van der Waals surface area contributed by atoms with E-state index in [2.05, 4.69) is 35.1 Å². The minimum atomic E-state index is 0.652. The fraction of sp³-hybridized carbons (Fsp3) is 0.538. The maximum absolute atomic E-state index is 5.75. The Morgan fingerprint density at radius 3 is 2.44 bits per heavy atom. The second-order valence-corrected chi connectivity index (χ2v) is 4.60. The fourth-order valence-corrected chi connectivity index (χ4v) is 2.51. The van der Waals surface area contributed by atoms with Crippen molar-refractivity contribution < 1.29 is 0 Å². The van der Waals surface area contributed by atoms with Crippen LogP contribution in [0.4, 0.5) is 0 Å². The van der Waals surface area contributed by atoms with Crippen LogP contribution in [0.1, 0.15) is 37.7 Å². The number of benzene rings is 1. The Hall–Kier alpha value is -0.690. The van der Waals surface area contributed by atoms with Gasteiger partial charge in [0.2, 0.25) is 0 Å². The van der Waals surface area contributed by atoms with Crippen LogP contribution in [0, 0.1) is 0 Å². The summed E-state index contributed by atoms with van der Waals surface area (Å²) in [7, 11) is 7.52. The Morgan fingerprint density at radius 1 is 1.12 bits per heavy atom. The standard InChI is InChI=1S/C13H18B2N/c14-15-16(13-9-5-2-6-10-13)11-12-7-3-1-4-8-12/h1,3-4,7-8,13H,2,5-6,9-11H2. The molecule has 0 atom stereocenters. The van der Waals surface area contributed by atoms with Crippen LogP contribution in [0.25, 0.3) is 0 Å². The Morgan fingerprint density at radius 2 is 1.81 bits per heavy atom. The first-order chi connectivity index (χ1) is 7.90. The van der Waals surface area contributed by atoms with Crippen molar-refractivity contribution >= 4 is 15.0 Å². The Bertz CT molecular complexity index is 296. The molecule has 0 spiro atoms. The highest BCUT2D eigenvalue weighted by atomic mass is 15.1. The summed E-state index contributed by atoms with van der Waals surface area (Å²) in [5.74, 6) is 0. The van der Waals surface area contributed by atoms with Gasteiger partial charge in [-0.2, -0.15) is 0 Å². The van der Waals surface area contributed by atoms with Crippen LogP contribution < -0.4 is 0 Å². The lowest BCUT2D eigenvalue weighted by Gasteiger charge is -2.34. The molecule has 0 bridgehead atoms. The first kappa shape index (κ1) is 11.8. The molecule has 0 heterocycles. The Labute approximate surface area is 101 Å². The highest BCUT2D eigenvalue weighted by molar-refractivity contribution is 6.87. The van der Waals surface area contributed by atoms with E-state index in [1.807, 2.05) is 0 Å². The van der Waals surface area contributed by atoms with Crippen molar-refractivity contribution in [3.8, 4) is 0 Å². The van der Waals surface area contributed by atoms with Gasteiger partial charge in [0.15, 0.2) is 0 Å². The van der Waals surface area contributed by atoms with Gasteiger partial charge in [0, 0.05) is 14.3 Å². The summed E-state index contributed by atoms with van der Waals surface area (Å²) in [5.41, 5.74) is 1.34. The molecule has 1 saturated carbocycles. The molecule has 16 heavy (non-hydrogen) atoms. The molecule has 2 rings (SSSR count). The second-order valence-electron chi connectivity index (χ2n) is 4.60. The van der Waals surface area contributed by atoms with Crippen LogP contribution in [0.3, 0.4) is 0 Å². The molecule has 3 heteroatoms. The summed E-state index contributed by atoms with van der Waals surface area (Å²) in [4.78, 5) is 2.30. The van der Waals surface area contributed by atoms with Gasteiger partial charge in [-0.15, -0.1) is 0 Å². The Balaban J connectivity index is 1.94. The zero-order valence-corrected chi connectivity index (χ0v) is 9.81. The molecule has 0 aromatic heterocycles. The van der Waals surface area contributed by atoms with E-state index in [1.54, 1.807) is 7.31 Å². The predicted molar refractivity (Wildman–Crippen MR) is 70.4 cm³/mol. The molecule has 0 N–H and O–H groups in total.